The third-order valence-corrected chi connectivity index (χ3v) is 4.25. The number of carbonyl (C=O) groups excluding carboxylic acids is 1. The first-order valence-corrected chi connectivity index (χ1v) is 8.38. The molecule has 1 aliphatic rings. The molecule has 2 aromatic heterocycles. The van der Waals surface area contributed by atoms with E-state index in [1.165, 1.54) is 4.57 Å². The maximum Gasteiger partial charge on any atom is 0.317 e. The molecule has 1 fully saturated rings. The molecule has 0 radical (unpaired) electrons. The lowest BCUT2D eigenvalue weighted by molar-refractivity contribution is 0.0513. The van der Waals surface area contributed by atoms with Gasteiger partial charge in [0.25, 0.3) is 11.5 Å². The zero-order valence-electron chi connectivity index (χ0n) is 14.7. The summed E-state index contributed by atoms with van der Waals surface area (Å²) >= 11 is 0. The van der Waals surface area contributed by atoms with E-state index in [9.17, 15) is 9.59 Å². The first-order valence-electron chi connectivity index (χ1n) is 8.38. The topological polar surface area (TPSA) is 77.3 Å². The number of aryl methyl sites for hydroxylation is 3. The van der Waals surface area contributed by atoms with E-state index in [0.717, 1.165) is 24.2 Å². The molecule has 0 spiro atoms. The van der Waals surface area contributed by atoms with Crippen molar-refractivity contribution < 1.29 is 9.53 Å². The molecule has 2 aromatic rings. The van der Waals surface area contributed by atoms with Gasteiger partial charge in [-0.05, 0) is 44.9 Å². The fourth-order valence-corrected chi connectivity index (χ4v) is 3.04. The van der Waals surface area contributed by atoms with Crippen LogP contribution < -0.4 is 10.3 Å². The van der Waals surface area contributed by atoms with E-state index in [1.54, 1.807) is 30.3 Å². The summed E-state index contributed by atoms with van der Waals surface area (Å²) in [5.74, 6) is -0.254. The number of hydrogen-bond donors (Lipinski definition) is 0. The van der Waals surface area contributed by atoms with Gasteiger partial charge in [0, 0.05) is 31.2 Å². The Morgan fingerprint density at radius 1 is 1.28 bits per heavy atom. The normalized spacial score (nSPS) is 17.4. The number of carbonyl (C=O) groups is 1. The standard InChI is InChI=1S/C18H22N4O3/c1-12-10-13(2)20-18(19-12)25-14-6-4-9-22(11-14)17(24)15-7-5-8-21(3)16(15)23/h5,7-8,10,14H,4,6,9,11H2,1-3H3/t14-/m0/s1. The Kier molecular flexibility index (Phi) is 4.83. The van der Waals surface area contributed by atoms with Gasteiger partial charge in [0.15, 0.2) is 0 Å². The highest BCUT2D eigenvalue weighted by molar-refractivity contribution is 5.93. The molecule has 0 aromatic carbocycles. The zero-order valence-corrected chi connectivity index (χ0v) is 14.7. The fraction of sp³-hybridized carbons (Fsp3) is 0.444. The van der Waals surface area contributed by atoms with Crippen LogP contribution in [-0.2, 0) is 7.05 Å². The zero-order chi connectivity index (χ0) is 18.0. The number of likely N-dealkylation sites (tertiary alicyclic amines) is 1. The van der Waals surface area contributed by atoms with Crippen LogP contribution in [0, 0.1) is 13.8 Å². The number of nitrogens with zero attached hydrogens (tertiary/aromatic N) is 4. The largest absolute Gasteiger partial charge is 0.458 e. The molecule has 132 valence electrons. The van der Waals surface area contributed by atoms with Crippen molar-refractivity contribution in [3.63, 3.8) is 0 Å². The molecule has 0 saturated carbocycles. The lowest BCUT2D eigenvalue weighted by atomic mass is 10.1. The van der Waals surface area contributed by atoms with Crippen LogP contribution >= 0.6 is 0 Å². The highest BCUT2D eigenvalue weighted by Gasteiger charge is 2.27. The van der Waals surface area contributed by atoms with Crippen LogP contribution in [0.2, 0.25) is 0 Å². The Morgan fingerprint density at radius 2 is 2.00 bits per heavy atom. The third kappa shape index (κ3) is 3.87. The summed E-state index contributed by atoms with van der Waals surface area (Å²) in [6, 6.07) is 5.50. The van der Waals surface area contributed by atoms with Gasteiger partial charge in [-0.2, -0.15) is 0 Å². The van der Waals surface area contributed by atoms with Gasteiger partial charge < -0.3 is 14.2 Å². The van der Waals surface area contributed by atoms with Gasteiger partial charge in [-0.3, -0.25) is 9.59 Å². The molecular weight excluding hydrogens is 320 g/mol. The van der Waals surface area contributed by atoms with Gasteiger partial charge in [0.1, 0.15) is 11.7 Å². The van der Waals surface area contributed by atoms with Gasteiger partial charge in [-0.1, -0.05) is 0 Å². The number of piperidine rings is 1. The summed E-state index contributed by atoms with van der Waals surface area (Å²) in [6.45, 7) is 4.82. The number of hydrogen-bond acceptors (Lipinski definition) is 5. The van der Waals surface area contributed by atoms with Crippen LogP contribution in [-0.4, -0.2) is 44.5 Å². The molecule has 1 amide bonds. The monoisotopic (exact) mass is 342 g/mol. The Balaban J connectivity index is 1.73. The minimum Gasteiger partial charge on any atom is -0.458 e. The van der Waals surface area contributed by atoms with E-state index in [-0.39, 0.29) is 23.1 Å². The molecule has 1 atom stereocenters. The van der Waals surface area contributed by atoms with Crippen LogP contribution in [0.5, 0.6) is 6.01 Å². The van der Waals surface area contributed by atoms with Crippen LogP contribution in [0.1, 0.15) is 34.6 Å². The Hall–Kier alpha value is -2.70. The quantitative estimate of drug-likeness (QED) is 0.844. The van der Waals surface area contributed by atoms with Crippen molar-refractivity contribution in [3.05, 3.63) is 51.7 Å². The Morgan fingerprint density at radius 3 is 2.72 bits per heavy atom. The maximum absolute atomic E-state index is 12.7. The van der Waals surface area contributed by atoms with E-state index >= 15 is 0 Å². The molecule has 0 bridgehead atoms. The van der Waals surface area contributed by atoms with Crippen molar-refractivity contribution in [1.82, 2.24) is 19.4 Å². The van der Waals surface area contributed by atoms with E-state index in [2.05, 4.69) is 9.97 Å². The molecule has 0 N–H and O–H groups in total. The van der Waals surface area contributed by atoms with Crippen molar-refractivity contribution in [2.45, 2.75) is 32.8 Å². The van der Waals surface area contributed by atoms with Crippen LogP contribution in [0.3, 0.4) is 0 Å². The number of aromatic nitrogens is 3. The fourth-order valence-electron chi connectivity index (χ4n) is 3.04. The van der Waals surface area contributed by atoms with Crippen molar-refractivity contribution in [2.24, 2.45) is 7.05 Å². The average molecular weight is 342 g/mol. The molecule has 7 nitrogen and oxygen atoms in total. The Labute approximate surface area is 146 Å². The highest BCUT2D eigenvalue weighted by Crippen LogP contribution is 2.17. The first-order chi connectivity index (χ1) is 11.9. The van der Waals surface area contributed by atoms with Gasteiger partial charge >= 0.3 is 6.01 Å². The lowest BCUT2D eigenvalue weighted by Crippen LogP contribution is -2.46. The Bertz CT molecular complexity index is 826. The molecule has 0 aliphatic carbocycles. The van der Waals surface area contributed by atoms with Crippen LogP contribution in [0.4, 0.5) is 0 Å². The number of amides is 1. The molecule has 25 heavy (non-hydrogen) atoms. The van der Waals surface area contributed by atoms with Crippen LogP contribution in [0.25, 0.3) is 0 Å². The molecule has 7 heteroatoms. The average Bonchev–Trinajstić information content (AvgIpc) is 2.56. The number of rotatable bonds is 3. The van der Waals surface area contributed by atoms with E-state index in [1.807, 2.05) is 19.9 Å². The van der Waals surface area contributed by atoms with Gasteiger partial charge in [-0.25, -0.2) is 9.97 Å². The van der Waals surface area contributed by atoms with Crippen molar-refractivity contribution in [2.75, 3.05) is 13.1 Å². The van der Waals surface area contributed by atoms with Crippen molar-refractivity contribution >= 4 is 5.91 Å². The first kappa shape index (κ1) is 17.1. The lowest BCUT2D eigenvalue weighted by Gasteiger charge is -2.32. The summed E-state index contributed by atoms with van der Waals surface area (Å²) in [5, 5.41) is 0. The molecule has 3 rings (SSSR count). The maximum atomic E-state index is 12.7. The minimum atomic E-state index is -0.284. The highest BCUT2D eigenvalue weighted by atomic mass is 16.5. The predicted molar refractivity (Wildman–Crippen MR) is 92.7 cm³/mol. The second-order valence-corrected chi connectivity index (χ2v) is 6.40. The smallest absolute Gasteiger partial charge is 0.317 e. The van der Waals surface area contributed by atoms with Crippen molar-refractivity contribution in [1.29, 1.82) is 0 Å². The van der Waals surface area contributed by atoms with E-state index in [0.29, 0.717) is 19.1 Å². The van der Waals surface area contributed by atoms with Crippen molar-refractivity contribution in [3.8, 4) is 6.01 Å². The summed E-state index contributed by atoms with van der Waals surface area (Å²) < 4.78 is 7.30. The second-order valence-electron chi connectivity index (χ2n) is 6.40. The number of ether oxygens (including phenoxy) is 1. The van der Waals surface area contributed by atoms with E-state index in [4.69, 9.17) is 4.74 Å². The molecular formula is C18H22N4O3. The number of pyridine rings is 1. The summed E-state index contributed by atoms with van der Waals surface area (Å²) in [4.78, 5) is 35.1. The summed E-state index contributed by atoms with van der Waals surface area (Å²) in [5.41, 5.74) is 1.60. The van der Waals surface area contributed by atoms with Gasteiger partial charge in [0.05, 0.1) is 6.54 Å². The third-order valence-electron chi connectivity index (χ3n) is 4.25. The second kappa shape index (κ2) is 7.04. The summed E-state index contributed by atoms with van der Waals surface area (Å²) in [7, 11) is 1.64. The van der Waals surface area contributed by atoms with E-state index < -0.39 is 0 Å². The minimum absolute atomic E-state index is 0.175. The molecule has 1 aliphatic heterocycles. The molecule has 0 unspecified atom stereocenters. The summed E-state index contributed by atoms with van der Waals surface area (Å²) in [6.07, 6.45) is 3.10. The van der Waals surface area contributed by atoms with Gasteiger partial charge in [-0.15, -0.1) is 0 Å². The molecule has 3 heterocycles. The molecule has 1 saturated heterocycles. The predicted octanol–water partition coefficient (Wildman–Crippen LogP) is 1.48. The van der Waals surface area contributed by atoms with Crippen LogP contribution in [0.15, 0.2) is 29.2 Å². The SMILES string of the molecule is Cc1cc(C)nc(O[C@H]2CCCN(C(=O)c3cccn(C)c3=O)C2)n1. The van der Waals surface area contributed by atoms with Gasteiger partial charge in [0.2, 0.25) is 0 Å².